The van der Waals surface area contributed by atoms with E-state index in [-0.39, 0.29) is 12.5 Å². The van der Waals surface area contributed by atoms with Gasteiger partial charge in [0.05, 0.1) is 12.8 Å². The maximum atomic E-state index is 10.8. The summed E-state index contributed by atoms with van der Waals surface area (Å²) in [5.74, 6) is -0.307. The lowest BCUT2D eigenvalue weighted by atomic mass is 10.5. The van der Waals surface area contributed by atoms with E-state index in [1.807, 2.05) is 0 Å². The van der Waals surface area contributed by atoms with Crippen LogP contribution in [0.25, 0.3) is 0 Å². The van der Waals surface area contributed by atoms with Crippen molar-refractivity contribution in [3.05, 3.63) is 11.9 Å². The fourth-order valence-corrected chi connectivity index (χ4v) is 0.789. The zero-order valence-electron chi connectivity index (χ0n) is 6.83. The number of carbonyl (C=O) groups excluding carboxylic acids is 1. The molecule has 0 spiro atoms. The van der Waals surface area contributed by atoms with E-state index in [4.69, 9.17) is 5.73 Å². The molecule has 0 atom stereocenters. The molecule has 0 unspecified atom stereocenters. The van der Waals surface area contributed by atoms with Crippen molar-refractivity contribution in [3.8, 4) is 0 Å². The summed E-state index contributed by atoms with van der Waals surface area (Å²) in [5.41, 5.74) is 11.7. The van der Waals surface area contributed by atoms with E-state index in [0.717, 1.165) is 5.70 Å². The second-order valence-corrected chi connectivity index (χ2v) is 2.30. The summed E-state index contributed by atoms with van der Waals surface area (Å²) < 4.78 is 4.47. The Morgan fingerprint density at radius 2 is 2.58 bits per heavy atom. The van der Waals surface area contributed by atoms with E-state index in [9.17, 15) is 4.79 Å². The molecule has 0 aromatic rings. The summed E-state index contributed by atoms with van der Waals surface area (Å²) in [4.78, 5) is 10.8. The lowest BCUT2D eigenvalue weighted by Crippen LogP contribution is -2.40. The zero-order valence-corrected chi connectivity index (χ0v) is 6.83. The van der Waals surface area contributed by atoms with Gasteiger partial charge in [-0.15, -0.1) is 5.53 Å². The van der Waals surface area contributed by atoms with Crippen molar-refractivity contribution in [1.82, 2.24) is 16.0 Å². The molecule has 1 rings (SSSR count). The number of rotatable bonds is 3. The predicted molar refractivity (Wildman–Crippen MR) is 42.1 cm³/mol. The highest BCUT2D eigenvalue weighted by Crippen LogP contribution is 1.96. The smallest absolute Gasteiger partial charge is 0.326 e. The molecule has 0 fully saturated rings. The largest absolute Gasteiger partial charge is 0.468 e. The quantitative estimate of drug-likeness (QED) is 0.440. The van der Waals surface area contributed by atoms with Crippen LogP contribution >= 0.6 is 0 Å². The minimum atomic E-state index is -0.307. The van der Waals surface area contributed by atoms with Crippen molar-refractivity contribution >= 4 is 5.97 Å². The molecule has 0 saturated carbocycles. The van der Waals surface area contributed by atoms with Crippen molar-refractivity contribution < 1.29 is 9.53 Å². The van der Waals surface area contributed by atoms with Crippen LogP contribution in [0.5, 0.6) is 0 Å². The second kappa shape index (κ2) is 3.93. The third kappa shape index (κ3) is 2.11. The number of esters is 1. The zero-order chi connectivity index (χ0) is 8.97. The molecular formula is C6H12N4O2. The van der Waals surface area contributed by atoms with Crippen LogP contribution in [0.3, 0.4) is 0 Å². The van der Waals surface area contributed by atoms with Gasteiger partial charge in [-0.3, -0.25) is 9.80 Å². The SMILES string of the molecule is COC(=O)CN1C=C(CN)NN1. The van der Waals surface area contributed by atoms with Crippen LogP contribution in [0, 0.1) is 0 Å². The highest BCUT2D eigenvalue weighted by molar-refractivity contribution is 5.71. The number of nitrogens with zero attached hydrogens (tertiary/aromatic N) is 1. The lowest BCUT2D eigenvalue weighted by molar-refractivity contribution is -0.141. The first-order valence-electron chi connectivity index (χ1n) is 3.52. The third-order valence-electron chi connectivity index (χ3n) is 1.42. The van der Waals surface area contributed by atoms with Gasteiger partial charge in [0.2, 0.25) is 0 Å². The van der Waals surface area contributed by atoms with Crippen LogP contribution in [0.2, 0.25) is 0 Å². The number of hydrazine groups is 2. The summed E-state index contributed by atoms with van der Waals surface area (Å²) in [7, 11) is 1.35. The van der Waals surface area contributed by atoms with Gasteiger partial charge in [0.25, 0.3) is 0 Å². The molecule has 0 amide bonds. The molecule has 4 N–H and O–H groups in total. The van der Waals surface area contributed by atoms with E-state index in [1.54, 1.807) is 11.2 Å². The van der Waals surface area contributed by atoms with Crippen LogP contribution < -0.4 is 16.7 Å². The highest BCUT2D eigenvalue weighted by atomic mass is 16.5. The Bertz CT molecular complexity index is 204. The molecule has 0 bridgehead atoms. The van der Waals surface area contributed by atoms with E-state index >= 15 is 0 Å². The van der Waals surface area contributed by atoms with E-state index in [1.165, 1.54) is 7.11 Å². The highest BCUT2D eigenvalue weighted by Gasteiger charge is 2.12. The topological polar surface area (TPSA) is 79.6 Å². The van der Waals surface area contributed by atoms with Crippen molar-refractivity contribution in [2.75, 3.05) is 20.2 Å². The molecule has 6 nitrogen and oxygen atoms in total. The first kappa shape index (κ1) is 8.82. The number of nitrogens with two attached hydrogens (primary N) is 1. The molecule has 6 heteroatoms. The number of ether oxygens (including phenoxy) is 1. The monoisotopic (exact) mass is 172 g/mol. The van der Waals surface area contributed by atoms with Gasteiger partial charge in [0, 0.05) is 12.7 Å². The van der Waals surface area contributed by atoms with E-state index in [2.05, 4.69) is 15.7 Å². The molecular weight excluding hydrogens is 160 g/mol. The summed E-state index contributed by atoms with van der Waals surface area (Å²) in [5, 5.41) is 1.56. The Hall–Kier alpha value is -1.27. The van der Waals surface area contributed by atoms with Gasteiger partial charge >= 0.3 is 5.97 Å². The maximum absolute atomic E-state index is 10.8. The molecule has 0 radical (unpaired) electrons. The van der Waals surface area contributed by atoms with Gasteiger partial charge in [-0.25, -0.2) is 0 Å². The second-order valence-electron chi connectivity index (χ2n) is 2.30. The summed E-state index contributed by atoms with van der Waals surface area (Å²) in [6, 6.07) is 0. The third-order valence-corrected chi connectivity index (χ3v) is 1.42. The fourth-order valence-electron chi connectivity index (χ4n) is 0.789. The average molecular weight is 172 g/mol. The Balaban J connectivity index is 2.36. The van der Waals surface area contributed by atoms with E-state index < -0.39 is 0 Å². The first-order chi connectivity index (χ1) is 5.76. The van der Waals surface area contributed by atoms with Crippen molar-refractivity contribution in [2.45, 2.75) is 0 Å². The molecule has 0 saturated heterocycles. The number of nitrogens with one attached hydrogen (secondary N) is 2. The average Bonchev–Trinajstić information content (AvgIpc) is 2.52. The van der Waals surface area contributed by atoms with Crippen LogP contribution in [0.15, 0.2) is 11.9 Å². The van der Waals surface area contributed by atoms with Crippen LogP contribution in [-0.2, 0) is 9.53 Å². The Kier molecular flexibility index (Phi) is 2.89. The summed E-state index contributed by atoms with van der Waals surface area (Å²) in [6.45, 7) is 0.567. The van der Waals surface area contributed by atoms with Crippen molar-refractivity contribution in [3.63, 3.8) is 0 Å². The molecule has 0 aliphatic carbocycles. The van der Waals surface area contributed by atoms with E-state index in [0.29, 0.717) is 6.54 Å². The molecule has 12 heavy (non-hydrogen) atoms. The standard InChI is InChI=1S/C6H12N4O2/c1-12-6(11)4-10-3-5(2-7)8-9-10/h3,8-9H,2,4,7H2,1H3. The van der Waals surface area contributed by atoms with Crippen LogP contribution in [0.4, 0.5) is 0 Å². The van der Waals surface area contributed by atoms with Gasteiger partial charge < -0.3 is 15.9 Å². The minimum absolute atomic E-state index is 0.160. The molecule has 1 aliphatic rings. The van der Waals surface area contributed by atoms with Gasteiger partial charge in [-0.2, -0.15) is 0 Å². The normalized spacial score (nSPS) is 15.5. The van der Waals surface area contributed by atoms with Crippen LogP contribution in [-0.4, -0.2) is 31.2 Å². The Labute approximate surface area is 70.3 Å². The van der Waals surface area contributed by atoms with Gasteiger partial charge in [0.1, 0.15) is 6.54 Å². The molecule has 1 heterocycles. The van der Waals surface area contributed by atoms with Crippen molar-refractivity contribution in [2.24, 2.45) is 5.73 Å². The van der Waals surface area contributed by atoms with Crippen LogP contribution in [0.1, 0.15) is 0 Å². The molecule has 1 aliphatic heterocycles. The van der Waals surface area contributed by atoms with Gasteiger partial charge in [-0.1, -0.05) is 0 Å². The first-order valence-corrected chi connectivity index (χ1v) is 3.52. The maximum Gasteiger partial charge on any atom is 0.326 e. The number of hydrogen-bond acceptors (Lipinski definition) is 6. The number of methoxy groups -OCH3 is 1. The Morgan fingerprint density at radius 3 is 3.08 bits per heavy atom. The van der Waals surface area contributed by atoms with Gasteiger partial charge in [-0.05, 0) is 0 Å². The molecule has 0 aromatic heterocycles. The molecule has 0 aromatic carbocycles. The summed E-state index contributed by atoms with van der Waals surface area (Å²) >= 11 is 0. The van der Waals surface area contributed by atoms with Gasteiger partial charge in [0.15, 0.2) is 0 Å². The minimum Gasteiger partial charge on any atom is -0.468 e. The van der Waals surface area contributed by atoms with Crippen molar-refractivity contribution in [1.29, 1.82) is 0 Å². The summed E-state index contributed by atoms with van der Waals surface area (Å²) in [6.07, 6.45) is 1.72. The number of carbonyl (C=O) groups is 1. The number of hydrogen-bond donors (Lipinski definition) is 3. The predicted octanol–water partition coefficient (Wildman–Crippen LogP) is -1.72. The Morgan fingerprint density at radius 1 is 1.83 bits per heavy atom. The fraction of sp³-hybridized carbons (Fsp3) is 0.500. The lowest BCUT2D eigenvalue weighted by Gasteiger charge is -2.12. The molecule has 68 valence electrons.